The Hall–Kier alpha value is -0.800. The fraction of sp³-hybridized carbons (Fsp3) is 0.636. The first-order valence-electron chi connectivity index (χ1n) is 5.11. The van der Waals surface area contributed by atoms with Gasteiger partial charge in [-0.25, -0.2) is 0 Å². The number of rotatable bonds is 2. The Bertz CT molecular complexity index is 294. The zero-order valence-electron chi connectivity index (χ0n) is 9.17. The highest BCUT2D eigenvalue weighted by molar-refractivity contribution is 5.42. The molecule has 0 aromatic rings. The Kier molecular flexibility index (Phi) is 3.02. The number of hydrogen-bond acceptors (Lipinski definition) is 3. The van der Waals surface area contributed by atoms with Gasteiger partial charge < -0.3 is 16.6 Å². The molecule has 1 aliphatic rings. The zero-order valence-corrected chi connectivity index (χ0v) is 9.17. The van der Waals surface area contributed by atoms with Crippen molar-refractivity contribution in [2.75, 3.05) is 0 Å². The van der Waals surface area contributed by atoms with Gasteiger partial charge >= 0.3 is 0 Å². The Labute approximate surface area is 85.5 Å². The maximum atomic E-state index is 9.97. The summed E-state index contributed by atoms with van der Waals surface area (Å²) in [6.45, 7) is 5.88. The fourth-order valence-electron chi connectivity index (χ4n) is 1.96. The van der Waals surface area contributed by atoms with Gasteiger partial charge in [-0.1, -0.05) is 19.9 Å². The first kappa shape index (κ1) is 11.3. The topological polar surface area (TPSA) is 72.3 Å². The maximum absolute atomic E-state index is 9.97. The molecule has 5 N–H and O–H groups in total. The molecule has 14 heavy (non-hydrogen) atoms. The quantitative estimate of drug-likeness (QED) is 0.618. The molecule has 3 nitrogen and oxygen atoms in total. The molecule has 0 heterocycles. The molecule has 80 valence electrons. The van der Waals surface area contributed by atoms with Crippen LogP contribution in [0.2, 0.25) is 0 Å². The van der Waals surface area contributed by atoms with Crippen LogP contribution in [0.1, 0.15) is 33.6 Å². The van der Waals surface area contributed by atoms with Crippen molar-refractivity contribution in [3.63, 3.8) is 0 Å². The van der Waals surface area contributed by atoms with Gasteiger partial charge in [0.1, 0.15) is 0 Å². The molecule has 0 aromatic carbocycles. The number of allylic oxidation sites excluding steroid dienone is 2. The summed E-state index contributed by atoms with van der Waals surface area (Å²) in [5.74, 6) is 0. The van der Waals surface area contributed by atoms with Crippen molar-refractivity contribution in [3.8, 4) is 0 Å². The third-order valence-electron chi connectivity index (χ3n) is 3.13. The van der Waals surface area contributed by atoms with Gasteiger partial charge in [-0.05, 0) is 30.9 Å². The molecular weight excluding hydrogens is 176 g/mol. The predicted molar refractivity (Wildman–Crippen MR) is 58.5 cm³/mol. The van der Waals surface area contributed by atoms with Crippen LogP contribution >= 0.6 is 0 Å². The van der Waals surface area contributed by atoms with E-state index in [1.54, 1.807) is 0 Å². The van der Waals surface area contributed by atoms with E-state index in [0.717, 1.165) is 17.6 Å². The molecule has 0 radical (unpaired) electrons. The molecule has 2 unspecified atom stereocenters. The predicted octanol–water partition coefficient (Wildman–Crippen LogP) is 1.04. The lowest BCUT2D eigenvalue weighted by atomic mass is 9.77. The minimum atomic E-state index is -0.774. The van der Waals surface area contributed by atoms with E-state index in [4.69, 9.17) is 11.5 Å². The minimum Gasteiger partial charge on any atom is -0.400 e. The highest BCUT2D eigenvalue weighted by Gasteiger charge is 2.39. The highest BCUT2D eigenvalue weighted by Crippen LogP contribution is 2.32. The summed E-state index contributed by atoms with van der Waals surface area (Å²) < 4.78 is 0. The monoisotopic (exact) mass is 196 g/mol. The summed E-state index contributed by atoms with van der Waals surface area (Å²) in [4.78, 5) is 0. The van der Waals surface area contributed by atoms with E-state index in [1.165, 1.54) is 0 Å². The van der Waals surface area contributed by atoms with Crippen LogP contribution < -0.4 is 11.5 Å². The Morgan fingerprint density at radius 3 is 2.50 bits per heavy atom. The third kappa shape index (κ3) is 1.47. The standard InChI is InChI=1S/C11H20N2O/c1-4-8-6-7(3)10(14)11(13,5-2)9(8)12/h6,10,14H,4-5,12-13H2,1-3H3. The molecule has 0 spiro atoms. The summed E-state index contributed by atoms with van der Waals surface area (Å²) in [6, 6.07) is 0. The zero-order chi connectivity index (χ0) is 10.9. The van der Waals surface area contributed by atoms with Crippen LogP contribution in [0.4, 0.5) is 0 Å². The van der Waals surface area contributed by atoms with Crippen molar-refractivity contribution < 1.29 is 5.11 Å². The first-order valence-corrected chi connectivity index (χ1v) is 5.11. The van der Waals surface area contributed by atoms with Gasteiger partial charge in [-0.3, -0.25) is 0 Å². The molecule has 2 atom stereocenters. The highest BCUT2D eigenvalue weighted by atomic mass is 16.3. The van der Waals surface area contributed by atoms with Crippen LogP contribution in [0.15, 0.2) is 22.9 Å². The van der Waals surface area contributed by atoms with Crippen LogP contribution in [0.5, 0.6) is 0 Å². The largest absolute Gasteiger partial charge is 0.400 e. The second-order valence-corrected chi connectivity index (χ2v) is 3.98. The molecule has 0 amide bonds. The van der Waals surface area contributed by atoms with E-state index in [0.29, 0.717) is 12.1 Å². The number of nitrogens with two attached hydrogens (primary N) is 2. The average Bonchev–Trinajstić information content (AvgIpc) is 2.20. The average molecular weight is 196 g/mol. The van der Waals surface area contributed by atoms with Crippen molar-refractivity contribution in [2.24, 2.45) is 11.5 Å². The van der Waals surface area contributed by atoms with Gasteiger partial charge in [0.25, 0.3) is 0 Å². The summed E-state index contributed by atoms with van der Waals surface area (Å²) in [5, 5.41) is 9.97. The van der Waals surface area contributed by atoms with Crippen molar-refractivity contribution in [3.05, 3.63) is 22.9 Å². The summed E-state index contributed by atoms with van der Waals surface area (Å²) in [7, 11) is 0. The number of aliphatic hydroxyl groups excluding tert-OH is 1. The van der Waals surface area contributed by atoms with E-state index in [9.17, 15) is 5.11 Å². The fourth-order valence-corrected chi connectivity index (χ4v) is 1.96. The number of hydrogen-bond donors (Lipinski definition) is 3. The lowest BCUT2D eigenvalue weighted by molar-refractivity contribution is 0.129. The lowest BCUT2D eigenvalue weighted by Gasteiger charge is -2.38. The third-order valence-corrected chi connectivity index (χ3v) is 3.13. The maximum Gasteiger partial charge on any atom is 0.0986 e. The van der Waals surface area contributed by atoms with Gasteiger partial charge in [0.15, 0.2) is 0 Å². The summed E-state index contributed by atoms with van der Waals surface area (Å²) in [6.07, 6.45) is 2.80. The Morgan fingerprint density at radius 1 is 1.50 bits per heavy atom. The molecule has 1 aliphatic carbocycles. The summed E-state index contributed by atoms with van der Waals surface area (Å²) in [5.41, 5.74) is 13.9. The van der Waals surface area contributed by atoms with Gasteiger partial charge in [-0.15, -0.1) is 0 Å². The van der Waals surface area contributed by atoms with Crippen LogP contribution in [0.25, 0.3) is 0 Å². The van der Waals surface area contributed by atoms with Crippen LogP contribution in [0.3, 0.4) is 0 Å². The SMILES string of the molecule is CCC1=C(N)C(N)(CC)C(O)C(C)=C1. The van der Waals surface area contributed by atoms with Crippen molar-refractivity contribution in [1.29, 1.82) is 0 Å². The molecular formula is C11H20N2O. The molecule has 0 saturated heterocycles. The van der Waals surface area contributed by atoms with Gasteiger partial charge in [0.05, 0.1) is 11.6 Å². The van der Waals surface area contributed by atoms with Gasteiger partial charge in [-0.2, -0.15) is 0 Å². The lowest BCUT2D eigenvalue weighted by Crippen LogP contribution is -2.56. The van der Waals surface area contributed by atoms with E-state index in [1.807, 2.05) is 26.8 Å². The molecule has 0 aromatic heterocycles. The molecule has 0 aliphatic heterocycles. The first-order chi connectivity index (χ1) is 6.47. The van der Waals surface area contributed by atoms with E-state index >= 15 is 0 Å². The smallest absolute Gasteiger partial charge is 0.0986 e. The molecule has 0 fully saturated rings. The normalized spacial score (nSPS) is 33.2. The van der Waals surface area contributed by atoms with Crippen molar-refractivity contribution in [1.82, 2.24) is 0 Å². The summed E-state index contributed by atoms with van der Waals surface area (Å²) >= 11 is 0. The van der Waals surface area contributed by atoms with Crippen molar-refractivity contribution in [2.45, 2.75) is 45.3 Å². The number of aliphatic hydroxyl groups is 1. The molecule has 3 heteroatoms. The van der Waals surface area contributed by atoms with E-state index in [2.05, 4.69) is 0 Å². The second-order valence-electron chi connectivity index (χ2n) is 3.98. The Morgan fingerprint density at radius 2 is 2.07 bits per heavy atom. The van der Waals surface area contributed by atoms with Crippen molar-refractivity contribution >= 4 is 0 Å². The molecule has 1 rings (SSSR count). The second kappa shape index (κ2) is 3.75. The van der Waals surface area contributed by atoms with E-state index < -0.39 is 11.6 Å². The van der Waals surface area contributed by atoms with Crippen LogP contribution in [0, 0.1) is 0 Å². The molecule has 0 saturated carbocycles. The van der Waals surface area contributed by atoms with Gasteiger partial charge in [0.2, 0.25) is 0 Å². The van der Waals surface area contributed by atoms with E-state index in [-0.39, 0.29) is 0 Å². The van der Waals surface area contributed by atoms with Crippen LogP contribution in [-0.2, 0) is 0 Å². The van der Waals surface area contributed by atoms with Crippen LogP contribution in [-0.4, -0.2) is 16.7 Å². The Balaban J connectivity index is 3.22. The molecule has 0 bridgehead atoms. The minimum absolute atomic E-state index is 0.639. The van der Waals surface area contributed by atoms with Gasteiger partial charge in [0, 0.05) is 5.70 Å².